The molecule has 0 aliphatic heterocycles. The number of carbonyl (C=O) groups is 1. The van der Waals surface area contributed by atoms with Gasteiger partial charge in [0, 0.05) is 22.5 Å². The van der Waals surface area contributed by atoms with Crippen LogP contribution in [-0.4, -0.2) is 25.6 Å². The average molecular weight is 422 g/mol. The van der Waals surface area contributed by atoms with Gasteiger partial charge in [0.2, 0.25) is 10.0 Å². The van der Waals surface area contributed by atoms with Crippen molar-refractivity contribution in [3.05, 3.63) is 75.8 Å². The van der Waals surface area contributed by atoms with Gasteiger partial charge in [-0.05, 0) is 29.8 Å². The van der Waals surface area contributed by atoms with Crippen molar-refractivity contribution < 1.29 is 13.2 Å². The molecule has 27 heavy (non-hydrogen) atoms. The van der Waals surface area contributed by atoms with Gasteiger partial charge in [-0.25, -0.2) is 13.4 Å². The Morgan fingerprint density at radius 1 is 1.15 bits per heavy atom. The number of anilines is 2. The molecule has 0 aliphatic rings. The second kappa shape index (κ2) is 8.08. The first kappa shape index (κ1) is 19.3. The van der Waals surface area contributed by atoms with Gasteiger partial charge in [0.1, 0.15) is 0 Å². The fourth-order valence-electron chi connectivity index (χ4n) is 2.38. The van der Waals surface area contributed by atoms with Crippen LogP contribution in [0.15, 0.2) is 54.7 Å². The van der Waals surface area contributed by atoms with Crippen LogP contribution in [-0.2, 0) is 16.4 Å². The molecule has 0 bridgehead atoms. The number of sulfonamides is 1. The van der Waals surface area contributed by atoms with Gasteiger partial charge in [-0.1, -0.05) is 35.9 Å². The van der Waals surface area contributed by atoms with E-state index in [2.05, 4.69) is 15.0 Å². The molecular weight excluding hydrogens is 406 g/mol. The van der Waals surface area contributed by atoms with Gasteiger partial charge >= 0.3 is 0 Å². The molecule has 1 aromatic heterocycles. The number of amides is 1. The molecule has 6 nitrogen and oxygen atoms in total. The standard InChI is InChI=1S/C18H16ClN3O3S2/c1-27(24,25)22-16-5-3-2-4-15(16)17(23)21-18-20-11-14(26-18)10-12-6-8-13(19)9-7-12/h2-9,11,22H,10H2,1H3,(H,20,21,23). The minimum absolute atomic E-state index is 0.218. The van der Waals surface area contributed by atoms with Gasteiger partial charge in [-0.15, -0.1) is 11.3 Å². The van der Waals surface area contributed by atoms with E-state index in [0.717, 1.165) is 16.7 Å². The Morgan fingerprint density at radius 3 is 2.56 bits per heavy atom. The van der Waals surface area contributed by atoms with E-state index in [9.17, 15) is 13.2 Å². The van der Waals surface area contributed by atoms with E-state index in [1.54, 1.807) is 24.4 Å². The molecule has 0 saturated heterocycles. The monoisotopic (exact) mass is 421 g/mol. The van der Waals surface area contributed by atoms with Crippen molar-refractivity contribution in [2.45, 2.75) is 6.42 Å². The lowest BCUT2D eigenvalue weighted by Gasteiger charge is -2.09. The number of benzene rings is 2. The Kier molecular flexibility index (Phi) is 5.79. The number of hydrogen-bond acceptors (Lipinski definition) is 5. The van der Waals surface area contributed by atoms with Gasteiger partial charge in [0.05, 0.1) is 17.5 Å². The summed E-state index contributed by atoms with van der Waals surface area (Å²) in [6, 6.07) is 13.9. The molecule has 9 heteroatoms. The molecule has 0 aliphatic carbocycles. The zero-order valence-electron chi connectivity index (χ0n) is 14.3. The highest BCUT2D eigenvalue weighted by Crippen LogP contribution is 2.24. The molecule has 140 valence electrons. The average Bonchev–Trinajstić information content (AvgIpc) is 3.03. The summed E-state index contributed by atoms with van der Waals surface area (Å²) in [5.41, 5.74) is 1.52. The topological polar surface area (TPSA) is 88.2 Å². The summed E-state index contributed by atoms with van der Waals surface area (Å²) in [6.07, 6.45) is 3.41. The first-order valence-electron chi connectivity index (χ1n) is 7.87. The molecule has 3 aromatic rings. The number of aromatic nitrogens is 1. The fourth-order valence-corrected chi connectivity index (χ4v) is 3.93. The van der Waals surface area contributed by atoms with Gasteiger partial charge in [0.25, 0.3) is 5.91 Å². The summed E-state index contributed by atoms with van der Waals surface area (Å²) in [5, 5.41) is 3.83. The van der Waals surface area contributed by atoms with Crippen LogP contribution in [0.25, 0.3) is 0 Å². The van der Waals surface area contributed by atoms with E-state index in [4.69, 9.17) is 11.6 Å². The molecule has 2 aromatic carbocycles. The third kappa shape index (κ3) is 5.53. The largest absolute Gasteiger partial charge is 0.298 e. The summed E-state index contributed by atoms with van der Waals surface area (Å²) in [4.78, 5) is 17.7. The lowest BCUT2D eigenvalue weighted by atomic mass is 10.1. The Morgan fingerprint density at radius 2 is 1.85 bits per heavy atom. The third-order valence-corrected chi connectivity index (χ3v) is 5.29. The number of carbonyl (C=O) groups excluding carboxylic acids is 1. The number of halogens is 1. The summed E-state index contributed by atoms with van der Waals surface area (Å²) in [6.45, 7) is 0. The Labute approximate surface area is 166 Å². The third-order valence-electron chi connectivity index (χ3n) is 3.53. The number of hydrogen-bond donors (Lipinski definition) is 2. The number of rotatable bonds is 6. The molecule has 0 spiro atoms. The molecule has 0 fully saturated rings. The molecule has 2 N–H and O–H groups in total. The van der Waals surface area contributed by atoms with E-state index in [0.29, 0.717) is 16.6 Å². The van der Waals surface area contributed by atoms with Crippen LogP contribution in [0.2, 0.25) is 5.02 Å². The molecule has 1 heterocycles. The summed E-state index contributed by atoms with van der Waals surface area (Å²) >= 11 is 7.25. The summed E-state index contributed by atoms with van der Waals surface area (Å²) in [7, 11) is -3.49. The van der Waals surface area contributed by atoms with Crippen molar-refractivity contribution >= 4 is 49.7 Å². The van der Waals surface area contributed by atoms with Crippen molar-refractivity contribution in [2.75, 3.05) is 16.3 Å². The smallest absolute Gasteiger partial charge is 0.259 e. The maximum absolute atomic E-state index is 12.5. The van der Waals surface area contributed by atoms with Gasteiger partial charge in [-0.2, -0.15) is 0 Å². The van der Waals surface area contributed by atoms with E-state index in [1.807, 2.05) is 24.3 Å². The van der Waals surface area contributed by atoms with Crippen LogP contribution in [0.5, 0.6) is 0 Å². The number of thiazole rings is 1. The molecule has 0 saturated carbocycles. The van der Waals surface area contributed by atoms with Crippen LogP contribution >= 0.6 is 22.9 Å². The Balaban J connectivity index is 1.72. The second-order valence-electron chi connectivity index (χ2n) is 5.81. The van der Waals surface area contributed by atoms with E-state index in [1.165, 1.54) is 17.4 Å². The molecular formula is C18H16ClN3O3S2. The fraction of sp³-hybridized carbons (Fsp3) is 0.111. The van der Waals surface area contributed by atoms with Crippen molar-refractivity contribution in [3.8, 4) is 0 Å². The Hall–Kier alpha value is -2.42. The molecule has 0 radical (unpaired) electrons. The number of nitrogens with one attached hydrogen (secondary N) is 2. The maximum atomic E-state index is 12.5. The number of nitrogens with zero attached hydrogens (tertiary/aromatic N) is 1. The van der Waals surface area contributed by atoms with Gasteiger partial charge in [-0.3, -0.25) is 14.8 Å². The van der Waals surface area contributed by atoms with Crippen molar-refractivity contribution in [2.24, 2.45) is 0 Å². The molecule has 0 atom stereocenters. The first-order chi connectivity index (χ1) is 12.8. The van der Waals surface area contributed by atoms with Crippen LogP contribution in [0.3, 0.4) is 0 Å². The quantitative estimate of drug-likeness (QED) is 0.629. The van der Waals surface area contributed by atoms with Crippen LogP contribution < -0.4 is 10.0 Å². The minimum atomic E-state index is -3.49. The van der Waals surface area contributed by atoms with Crippen molar-refractivity contribution in [3.63, 3.8) is 0 Å². The normalized spacial score (nSPS) is 11.2. The highest BCUT2D eigenvalue weighted by atomic mass is 35.5. The van der Waals surface area contributed by atoms with E-state index < -0.39 is 15.9 Å². The lowest BCUT2D eigenvalue weighted by molar-refractivity contribution is 0.102. The summed E-state index contributed by atoms with van der Waals surface area (Å²) in [5.74, 6) is -0.436. The second-order valence-corrected chi connectivity index (χ2v) is 9.11. The van der Waals surface area contributed by atoms with Crippen molar-refractivity contribution in [1.82, 2.24) is 4.98 Å². The first-order valence-corrected chi connectivity index (χ1v) is 11.0. The molecule has 3 rings (SSSR count). The van der Waals surface area contributed by atoms with Crippen LogP contribution in [0.1, 0.15) is 20.8 Å². The predicted octanol–water partition coefficient (Wildman–Crippen LogP) is 4.01. The van der Waals surface area contributed by atoms with Crippen LogP contribution in [0, 0.1) is 0 Å². The number of para-hydroxylation sites is 1. The maximum Gasteiger partial charge on any atom is 0.259 e. The predicted molar refractivity (Wildman–Crippen MR) is 109 cm³/mol. The molecule has 1 amide bonds. The van der Waals surface area contributed by atoms with E-state index in [-0.39, 0.29) is 11.3 Å². The SMILES string of the molecule is CS(=O)(=O)Nc1ccccc1C(=O)Nc1ncc(Cc2ccc(Cl)cc2)s1. The zero-order chi connectivity index (χ0) is 19.4. The highest BCUT2D eigenvalue weighted by Gasteiger charge is 2.15. The highest BCUT2D eigenvalue weighted by molar-refractivity contribution is 7.92. The minimum Gasteiger partial charge on any atom is -0.298 e. The molecule has 0 unspecified atom stereocenters. The van der Waals surface area contributed by atoms with Crippen molar-refractivity contribution in [1.29, 1.82) is 0 Å². The van der Waals surface area contributed by atoms with Crippen LogP contribution in [0.4, 0.5) is 10.8 Å². The van der Waals surface area contributed by atoms with Gasteiger partial charge in [0.15, 0.2) is 5.13 Å². The lowest BCUT2D eigenvalue weighted by Crippen LogP contribution is -2.17. The summed E-state index contributed by atoms with van der Waals surface area (Å²) < 4.78 is 25.3. The van der Waals surface area contributed by atoms with E-state index >= 15 is 0 Å². The Bertz CT molecular complexity index is 1060. The zero-order valence-corrected chi connectivity index (χ0v) is 16.7. The van der Waals surface area contributed by atoms with Gasteiger partial charge < -0.3 is 0 Å².